The molecular formula is C16H28N2O. The Kier molecular flexibility index (Phi) is 5.53. The van der Waals surface area contributed by atoms with Crippen molar-refractivity contribution in [2.45, 2.75) is 59.6 Å². The molecule has 0 aliphatic heterocycles. The first-order valence-electron chi connectivity index (χ1n) is 7.07. The normalized spacial score (nSPS) is 16.2. The van der Waals surface area contributed by atoms with E-state index in [0.29, 0.717) is 6.61 Å². The van der Waals surface area contributed by atoms with Gasteiger partial charge in [-0.2, -0.15) is 0 Å². The van der Waals surface area contributed by atoms with E-state index < -0.39 is 0 Å². The van der Waals surface area contributed by atoms with Crippen molar-refractivity contribution in [3.8, 4) is 0 Å². The van der Waals surface area contributed by atoms with Crippen LogP contribution in [0.3, 0.4) is 0 Å². The summed E-state index contributed by atoms with van der Waals surface area (Å²) >= 11 is 0. The minimum atomic E-state index is -0.296. The fourth-order valence-corrected chi connectivity index (χ4v) is 2.61. The molecule has 3 heteroatoms. The fourth-order valence-electron chi connectivity index (χ4n) is 2.61. The van der Waals surface area contributed by atoms with Crippen LogP contribution in [0.5, 0.6) is 0 Å². The Morgan fingerprint density at radius 2 is 1.74 bits per heavy atom. The van der Waals surface area contributed by atoms with E-state index in [1.54, 1.807) is 0 Å². The Bertz CT molecular complexity index is 431. The van der Waals surface area contributed by atoms with Gasteiger partial charge in [-0.25, -0.2) is 0 Å². The molecule has 3 nitrogen and oxygen atoms in total. The van der Waals surface area contributed by atoms with Crippen molar-refractivity contribution in [2.75, 3.05) is 6.61 Å². The van der Waals surface area contributed by atoms with Gasteiger partial charge in [-0.15, -0.1) is 0 Å². The average Bonchev–Trinajstić information content (AvgIpc) is 2.36. The number of hydrogen-bond donors (Lipinski definition) is 2. The molecule has 0 heterocycles. The van der Waals surface area contributed by atoms with E-state index in [4.69, 9.17) is 10.6 Å². The number of nitrogens with two attached hydrogens (primary N) is 1. The summed E-state index contributed by atoms with van der Waals surface area (Å²) in [5.41, 5.74) is 7.74. The third kappa shape index (κ3) is 3.35. The molecule has 19 heavy (non-hydrogen) atoms. The molecule has 2 atom stereocenters. The molecule has 2 unspecified atom stereocenters. The molecular weight excluding hydrogens is 236 g/mol. The van der Waals surface area contributed by atoms with Crippen LogP contribution in [0.2, 0.25) is 0 Å². The zero-order chi connectivity index (χ0) is 14.6. The number of rotatable bonds is 6. The van der Waals surface area contributed by atoms with Crippen molar-refractivity contribution in [3.05, 3.63) is 34.4 Å². The Balaban J connectivity index is 3.26. The highest BCUT2D eigenvalue weighted by atomic mass is 16.5. The first kappa shape index (κ1) is 16.2. The Hall–Kier alpha value is -0.900. The highest BCUT2D eigenvalue weighted by Crippen LogP contribution is 2.34. The third-order valence-corrected chi connectivity index (χ3v) is 4.15. The lowest BCUT2D eigenvalue weighted by Crippen LogP contribution is -2.46. The highest BCUT2D eigenvalue weighted by molar-refractivity contribution is 5.39. The Morgan fingerprint density at radius 3 is 2.21 bits per heavy atom. The number of hydrazine groups is 1. The number of aryl methyl sites for hydroxylation is 3. The second-order valence-corrected chi connectivity index (χ2v) is 5.49. The van der Waals surface area contributed by atoms with Crippen LogP contribution in [-0.4, -0.2) is 12.2 Å². The second kappa shape index (κ2) is 6.51. The summed E-state index contributed by atoms with van der Waals surface area (Å²) in [4.78, 5) is 0. The van der Waals surface area contributed by atoms with Crippen molar-refractivity contribution in [1.29, 1.82) is 0 Å². The van der Waals surface area contributed by atoms with Gasteiger partial charge in [0, 0.05) is 6.61 Å². The SMILES string of the molecule is CCOC(C)(CC)C(NN)c1cc(C)c(C)cc1C. The van der Waals surface area contributed by atoms with Crippen LogP contribution in [0, 0.1) is 20.8 Å². The first-order valence-corrected chi connectivity index (χ1v) is 7.07. The summed E-state index contributed by atoms with van der Waals surface area (Å²) in [7, 11) is 0. The van der Waals surface area contributed by atoms with E-state index >= 15 is 0 Å². The summed E-state index contributed by atoms with van der Waals surface area (Å²) in [6, 6.07) is 4.44. The molecule has 0 bridgehead atoms. The number of hydrogen-bond acceptors (Lipinski definition) is 3. The lowest BCUT2D eigenvalue weighted by Gasteiger charge is -2.37. The van der Waals surface area contributed by atoms with Crippen molar-refractivity contribution in [1.82, 2.24) is 5.43 Å². The zero-order valence-corrected chi connectivity index (χ0v) is 13.1. The van der Waals surface area contributed by atoms with Crippen LogP contribution in [0.4, 0.5) is 0 Å². The fraction of sp³-hybridized carbons (Fsp3) is 0.625. The van der Waals surface area contributed by atoms with Crippen LogP contribution in [0.1, 0.15) is 55.5 Å². The summed E-state index contributed by atoms with van der Waals surface area (Å²) in [6.07, 6.45) is 0.905. The third-order valence-electron chi connectivity index (χ3n) is 4.15. The highest BCUT2D eigenvalue weighted by Gasteiger charge is 2.34. The molecule has 1 rings (SSSR count). The predicted octanol–water partition coefficient (Wildman–Crippen LogP) is 3.32. The van der Waals surface area contributed by atoms with Crippen LogP contribution in [0.15, 0.2) is 12.1 Å². The largest absolute Gasteiger partial charge is 0.374 e. The predicted molar refractivity (Wildman–Crippen MR) is 81.0 cm³/mol. The summed E-state index contributed by atoms with van der Waals surface area (Å²) in [6.45, 7) is 13.4. The van der Waals surface area contributed by atoms with E-state index in [1.807, 2.05) is 6.92 Å². The molecule has 0 saturated carbocycles. The molecule has 0 saturated heterocycles. The van der Waals surface area contributed by atoms with E-state index in [-0.39, 0.29) is 11.6 Å². The van der Waals surface area contributed by atoms with Gasteiger partial charge in [0.2, 0.25) is 0 Å². The summed E-state index contributed by atoms with van der Waals surface area (Å²) in [5.74, 6) is 5.82. The molecule has 1 aromatic carbocycles. The lowest BCUT2D eigenvalue weighted by atomic mass is 9.84. The number of ether oxygens (including phenoxy) is 1. The monoisotopic (exact) mass is 264 g/mol. The topological polar surface area (TPSA) is 47.3 Å². The maximum Gasteiger partial charge on any atom is 0.0858 e. The average molecular weight is 264 g/mol. The van der Waals surface area contributed by atoms with Crippen molar-refractivity contribution < 1.29 is 4.74 Å². The number of benzene rings is 1. The van der Waals surface area contributed by atoms with E-state index in [0.717, 1.165) is 6.42 Å². The van der Waals surface area contributed by atoms with Gasteiger partial charge in [0.15, 0.2) is 0 Å². The quantitative estimate of drug-likeness (QED) is 0.612. The van der Waals surface area contributed by atoms with Gasteiger partial charge in [-0.05, 0) is 63.3 Å². The van der Waals surface area contributed by atoms with Crippen LogP contribution in [0.25, 0.3) is 0 Å². The number of nitrogens with one attached hydrogen (secondary N) is 1. The lowest BCUT2D eigenvalue weighted by molar-refractivity contribution is -0.0565. The molecule has 108 valence electrons. The van der Waals surface area contributed by atoms with Gasteiger partial charge in [0.05, 0.1) is 11.6 Å². The standard InChI is InChI=1S/C16H28N2O/c1-7-16(6,19-8-2)15(18-17)14-10-12(4)11(3)9-13(14)5/h9-10,15,18H,7-8,17H2,1-6H3. The molecule has 3 N–H and O–H groups in total. The zero-order valence-electron chi connectivity index (χ0n) is 13.1. The van der Waals surface area contributed by atoms with Gasteiger partial charge in [0.25, 0.3) is 0 Å². The molecule has 0 aliphatic carbocycles. The first-order chi connectivity index (χ1) is 8.89. The van der Waals surface area contributed by atoms with Gasteiger partial charge < -0.3 is 4.74 Å². The minimum Gasteiger partial charge on any atom is -0.374 e. The molecule has 0 aromatic heterocycles. The van der Waals surface area contributed by atoms with Crippen LogP contribution in [-0.2, 0) is 4.74 Å². The van der Waals surface area contributed by atoms with Crippen LogP contribution >= 0.6 is 0 Å². The molecule has 1 aromatic rings. The van der Waals surface area contributed by atoms with E-state index in [9.17, 15) is 0 Å². The van der Waals surface area contributed by atoms with Crippen molar-refractivity contribution >= 4 is 0 Å². The maximum absolute atomic E-state index is 5.97. The summed E-state index contributed by atoms with van der Waals surface area (Å²) in [5, 5.41) is 0. The molecule has 0 fully saturated rings. The molecule has 0 spiro atoms. The van der Waals surface area contributed by atoms with Crippen molar-refractivity contribution in [2.24, 2.45) is 5.84 Å². The van der Waals surface area contributed by atoms with Gasteiger partial charge in [-0.3, -0.25) is 11.3 Å². The Morgan fingerprint density at radius 1 is 1.16 bits per heavy atom. The van der Waals surface area contributed by atoms with Gasteiger partial charge in [0.1, 0.15) is 0 Å². The molecule has 0 radical (unpaired) electrons. The van der Waals surface area contributed by atoms with Crippen molar-refractivity contribution in [3.63, 3.8) is 0 Å². The molecule has 0 aliphatic rings. The van der Waals surface area contributed by atoms with Gasteiger partial charge in [-0.1, -0.05) is 19.1 Å². The van der Waals surface area contributed by atoms with E-state index in [2.05, 4.69) is 52.2 Å². The van der Waals surface area contributed by atoms with Gasteiger partial charge >= 0.3 is 0 Å². The summed E-state index contributed by atoms with van der Waals surface area (Å²) < 4.78 is 5.97. The smallest absolute Gasteiger partial charge is 0.0858 e. The van der Waals surface area contributed by atoms with E-state index in [1.165, 1.54) is 22.3 Å². The van der Waals surface area contributed by atoms with Crippen LogP contribution < -0.4 is 11.3 Å². The second-order valence-electron chi connectivity index (χ2n) is 5.49. The Labute approximate surface area is 117 Å². The maximum atomic E-state index is 5.97. The molecule has 0 amide bonds. The minimum absolute atomic E-state index is 0.00301.